The van der Waals surface area contributed by atoms with Gasteiger partial charge in [-0.2, -0.15) is 0 Å². The van der Waals surface area contributed by atoms with Crippen LogP contribution in [0.3, 0.4) is 0 Å². The number of ether oxygens (including phenoxy) is 2. The van der Waals surface area contributed by atoms with E-state index in [0.717, 1.165) is 23.5 Å². The van der Waals surface area contributed by atoms with E-state index in [2.05, 4.69) is 0 Å². The maximum absolute atomic E-state index is 11.4. The summed E-state index contributed by atoms with van der Waals surface area (Å²) in [5.41, 5.74) is 0.981. The van der Waals surface area contributed by atoms with Crippen molar-refractivity contribution in [2.24, 2.45) is 0 Å². The number of carbonyl (C=O) groups is 1. The monoisotopic (exact) mass is 206 g/mol. The molecule has 0 radical (unpaired) electrons. The van der Waals surface area contributed by atoms with Gasteiger partial charge in [0.25, 0.3) is 0 Å². The first kappa shape index (κ1) is 10.0. The number of carbonyl (C=O) groups excluding carboxylic acids is 1. The summed E-state index contributed by atoms with van der Waals surface area (Å²) < 4.78 is 10.4. The molecule has 1 atom stereocenters. The van der Waals surface area contributed by atoms with Gasteiger partial charge in [-0.1, -0.05) is 6.07 Å². The van der Waals surface area contributed by atoms with Gasteiger partial charge in [0.05, 0.1) is 14.2 Å². The Labute approximate surface area is 89.0 Å². The van der Waals surface area contributed by atoms with Crippen molar-refractivity contribution in [1.82, 2.24) is 0 Å². The molecule has 0 amide bonds. The fraction of sp³-hybridized carbons (Fsp3) is 0.417. The van der Waals surface area contributed by atoms with Crippen LogP contribution in [0.4, 0.5) is 0 Å². The standard InChI is InChI=1S/C12H14O3/c1-14-8-3-4-10(12(7-8)15-2)9-5-6-11(9)13/h3-4,7,9H,5-6H2,1-2H3. The van der Waals surface area contributed by atoms with Crippen LogP contribution in [0, 0.1) is 0 Å². The van der Waals surface area contributed by atoms with Gasteiger partial charge < -0.3 is 9.47 Å². The molecular weight excluding hydrogens is 192 g/mol. The molecule has 0 bridgehead atoms. The molecular formula is C12H14O3. The van der Waals surface area contributed by atoms with E-state index in [1.165, 1.54) is 0 Å². The van der Waals surface area contributed by atoms with Crippen molar-refractivity contribution in [3.8, 4) is 11.5 Å². The molecule has 15 heavy (non-hydrogen) atoms. The summed E-state index contributed by atoms with van der Waals surface area (Å²) in [6.07, 6.45) is 1.63. The molecule has 1 unspecified atom stereocenters. The van der Waals surface area contributed by atoms with Crippen molar-refractivity contribution in [2.75, 3.05) is 14.2 Å². The molecule has 1 aromatic rings. The van der Waals surface area contributed by atoms with Gasteiger partial charge in [0.2, 0.25) is 0 Å². The van der Waals surface area contributed by atoms with Crippen LogP contribution in [0.25, 0.3) is 0 Å². The summed E-state index contributed by atoms with van der Waals surface area (Å²) in [7, 11) is 3.23. The summed E-state index contributed by atoms with van der Waals surface area (Å²) in [4.78, 5) is 11.4. The SMILES string of the molecule is COc1ccc(C2CCC2=O)c(OC)c1. The van der Waals surface area contributed by atoms with E-state index in [1.807, 2.05) is 18.2 Å². The van der Waals surface area contributed by atoms with E-state index in [0.29, 0.717) is 12.2 Å². The highest BCUT2D eigenvalue weighted by Crippen LogP contribution is 2.39. The van der Waals surface area contributed by atoms with E-state index in [-0.39, 0.29) is 5.92 Å². The zero-order valence-corrected chi connectivity index (χ0v) is 8.95. The van der Waals surface area contributed by atoms with Gasteiger partial charge in [0.1, 0.15) is 17.3 Å². The van der Waals surface area contributed by atoms with Gasteiger partial charge in [0, 0.05) is 24.0 Å². The smallest absolute Gasteiger partial charge is 0.140 e. The van der Waals surface area contributed by atoms with Gasteiger partial charge in [-0.15, -0.1) is 0 Å². The summed E-state index contributed by atoms with van der Waals surface area (Å²) in [5.74, 6) is 1.83. The molecule has 2 rings (SSSR count). The number of ketones is 1. The third-order valence-electron chi connectivity index (χ3n) is 2.88. The van der Waals surface area contributed by atoms with Crippen molar-refractivity contribution in [1.29, 1.82) is 0 Å². The first-order valence-corrected chi connectivity index (χ1v) is 5.01. The van der Waals surface area contributed by atoms with Crippen molar-refractivity contribution in [3.05, 3.63) is 23.8 Å². The molecule has 0 aliphatic heterocycles. The Morgan fingerprint density at radius 1 is 1.27 bits per heavy atom. The molecule has 1 aromatic carbocycles. The average Bonchev–Trinajstić information content (AvgIpc) is 2.27. The van der Waals surface area contributed by atoms with Crippen LogP contribution in [-0.2, 0) is 4.79 Å². The minimum Gasteiger partial charge on any atom is -0.497 e. The Balaban J connectivity index is 2.34. The molecule has 0 aromatic heterocycles. The number of Topliss-reactive ketones (excluding diaryl/α,β-unsaturated/α-hetero) is 1. The molecule has 0 heterocycles. The highest BCUT2D eigenvalue weighted by molar-refractivity contribution is 5.91. The predicted octanol–water partition coefficient (Wildman–Crippen LogP) is 2.15. The summed E-state index contributed by atoms with van der Waals surface area (Å²) in [5, 5.41) is 0. The second kappa shape index (κ2) is 3.93. The lowest BCUT2D eigenvalue weighted by Crippen LogP contribution is -2.23. The zero-order valence-electron chi connectivity index (χ0n) is 8.95. The Kier molecular flexibility index (Phi) is 2.62. The molecule has 1 aliphatic carbocycles. The van der Waals surface area contributed by atoms with Crippen LogP contribution in [0.2, 0.25) is 0 Å². The fourth-order valence-electron chi connectivity index (χ4n) is 1.84. The van der Waals surface area contributed by atoms with E-state index in [1.54, 1.807) is 14.2 Å². The normalized spacial score (nSPS) is 19.6. The summed E-state index contributed by atoms with van der Waals surface area (Å²) in [6, 6.07) is 5.60. The average molecular weight is 206 g/mol. The molecule has 1 aliphatic rings. The lowest BCUT2D eigenvalue weighted by atomic mass is 9.78. The highest BCUT2D eigenvalue weighted by atomic mass is 16.5. The topological polar surface area (TPSA) is 35.5 Å². The van der Waals surface area contributed by atoms with Crippen LogP contribution in [-0.4, -0.2) is 20.0 Å². The number of methoxy groups -OCH3 is 2. The van der Waals surface area contributed by atoms with Crippen LogP contribution in [0.1, 0.15) is 24.3 Å². The van der Waals surface area contributed by atoms with Gasteiger partial charge in [-0.05, 0) is 12.5 Å². The Morgan fingerprint density at radius 2 is 2.07 bits per heavy atom. The number of rotatable bonds is 3. The molecule has 3 nitrogen and oxygen atoms in total. The van der Waals surface area contributed by atoms with Crippen LogP contribution in [0.5, 0.6) is 11.5 Å². The molecule has 0 saturated heterocycles. The van der Waals surface area contributed by atoms with Gasteiger partial charge in [-0.25, -0.2) is 0 Å². The van der Waals surface area contributed by atoms with Crippen molar-refractivity contribution >= 4 is 5.78 Å². The molecule has 1 fully saturated rings. The Bertz CT molecular complexity index is 384. The highest BCUT2D eigenvalue weighted by Gasteiger charge is 2.31. The van der Waals surface area contributed by atoms with E-state index < -0.39 is 0 Å². The number of benzene rings is 1. The summed E-state index contributed by atoms with van der Waals surface area (Å²) >= 11 is 0. The van der Waals surface area contributed by atoms with Gasteiger partial charge >= 0.3 is 0 Å². The second-order valence-electron chi connectivity index (χ2n) is 3.67. The molecule has 80 valence electrons. The van der Waals surface area contributed by atoms with Crippen molar-refractivity contribution in [2.45, 2.75) is 18.8 Å². The lowest BCUT2D eigenvalue weighted by molar-refractivity contribution is -0.125. The lowest BCUT2D eigenvalue weighted by Gasteiger charge is -2.25. The van der Waals surface area contributed by atoms with E-state index >= 15 is 0 Å². The van der Waals surface area contributed by atoms with Crippen molar-refractivity contribution < 1.29 is 14.3 Å². The molecule has 0 N–H and O–H groups in total. The van der Waals surface area contributed by atoms with Gasteiger partial charge in [-0.3, -0.25) is 4.79 Å². The zero-order chi connectivity index (χ0) is 10.8. The molecule has 3 heteroatoms. The first-order chi connectivity index (χ1) is 7.26. The minimum absolute atomic E-state index is 0.0332. The Hall–Kier alpha value is -1.51. The number of hydrogen-bond acceptors (Lipinski definition) is 3. The third-order valence-corrected chi connectivity index (χ3v) is 2.88. The molecule has 1 saturated carbocycles. The second-order valence-corrected chi connectivity index (χ2v) is 3.67. The Morgan fingerprint density at radius 3 is 2.53 bits per heavy atom. The minimum atomic E-state index is 0.0332. The maximum atomic E-state index is 11.4. The first-order valence-electron chi connectivity index (χ1n) is 5.01. The van der Waals surface area contributed by atoms with E-state index in [4.69, 9.17) is 9.47 Å². The third kappa shape index (κ3) is 1.69. The quantitative estimate of drug-likeness (QED) is 0.760. The predicted molar refractivity (Wildman–Crippen MR) is 56.5 cm³/mol. The number of hydrogen-bond donors (Lipinski definition) is 0. The van der Waals surface area contributed by atoms with Crippen LogP contribution in [0.15, 0.2) is 18.2 Å². The van der Waals surface area contributed by atoms with Crippen LogP contribution < -0.4 is 9.47 Å². The summed E-state index contributed by atoms with van der Waals surface area (Å²) in [6.45, 7) is 0. The van der Waals surface area contributed by atoms with Crippen LogP contribution >= 0.6 is 0 Å². The fourth-order valence-corrected chi connectivity index (χ4v) is 1.84. The van der Waals surface area contributed by atoms with Crippen molar-refractivity contribution in [3.63, 3.8) is 0 Å². The largest absolute Gasteiger partial charge is 0.497 e. The van der Waals surface area contributed by atoms with E-state index in [9.17, 15) is 4.79 Å². The molecule has 0 spiro atoms. The maximum Gasteiger partial charge on any atom is 0.140 e. The van der Waals surface area contributed by atoms with Gasteiger partial charge in [0.15, 0.2) is 0 Å².